The molecule has 4 heteroatoms. The van der Waals surface area contributed by atoms with E-state index in [9.17, 15) is 4.39 Å². The maximum absolute atomic E-state index is 13.4. The lowest BCUT2D eigenvalue weighted by Crippen LogP contribution is -2.22. The van der Waals surface area contributed by atoms with Crippen molar-refractivity contribution >= 4 is 11.3 Å². The van der Waals surface area contributed by atoms with Crippen LogP contribution in [0.4, 0.5) is 4.39 Å². The number of rotatable bonds is 5. The average Bonchev–Trinajstić information content (AvgIpc) is 2.85. The van der Waals surface area contributed by atoms with E-state index in [1.165, 1.54) is 6.07 Å². The van der Waals surface area contributed by atoms with Crippen molar-refractivity contribution in [1.82, 2.24) is 10.3 Å². The van der Waals surface area contributed by atoms with Gasteiger partial charge in [-0.2, -0.15) is 0 Å². The molecule has 0 aliphatic rings. The van der Waals surface area contributed by atoms with Crippen LogP contribution in [-0.2, 0) is 0 Å². The highest BCUT2D eigenvalue weighted by Gasteiger charge is 2.18. The van der Waals surface area contributed by atoms with Crippen molar-refractivity contribution in [2.45, 2.75) is 32.7 Å². The van der Waals surface area contributed by atoms with Crippen LogP contribution in [0.3, 0.4) is 0 Å². The molecule has 0 fully saturated rings. The summed E-state index contributed by atoms with van der Waals surface area (Å²) < 4.78 is 13.4. The first kappa shape index (κ1) is 14.2. The molecule has 2 nitrogen and oxygen atoms in total. The van der Waals surface area contributed by atoms with Crippen molar-refractivity contribution in [3.8, 4) is 0 Å². The van der Waals surface area contributed by atoms with E-state index in [1.54, 1.807) is 23.5 Å². The molecule has 1 aromatic carbocycles. The van der Waals surface area contributed by atoms with Gasteiger partial charge in [0.25, 0.3) is 0 Å². The summed E-state index contributed by atoms with van der Waals surface area (Å²) in [7, 11) is 0. The van der Waals surface area contributed by atoms with Crippen molar-refractivity contribution in [2.24, 2.45) is 0 Å². The number of thiazole rings is 1. The van der Waals surface area contributed by atoms with Gasteiger partial charge < -0.3 is 5.32 Å². The van der Waals surface area contributed by atoms with E-state index in [0.717, 1.165) is 22.8 Å². The van der Waals surface area contributed by atoms with Gasteiger partial charge in [0.05, 0.1) is 11.7 Å². The fraction of sp³-hybridized carbons (Fsp3) is 0.400. The van der Waals surface area contributed by atoms with E-state index < -0.39 is 0 Å². The molecule has 0 saturated carbocycles. The summed E-state index contributed by atoms with van der Waals surface area (Å²) in [5.41, 5.74) is 2.02. The fourth-order valence-electron chi connectivity index (χ4n) is 1.94. The Morgan fingerprint density at radius 1 is 1.37 bits per heavy atom. The number of halogens is 1. The monoisotopic (exact) mass is 278 g/mol. The van der Waals surface area contributed by atoms with Crippen LogP contribution in [0.15, 0.2) is 29.6 Å². The molecule has 1 heterocycles. The highest BCUT2D eigenvalue weighted by Crippen LogP contribution is 2.27. The van der Waals surface area contributed by atoms with Crippen molar-refractivity contribution in [1.29, 1.82) is 0 Å². The maximum atomic E-state index is 13.4. The lowest BCUT2D eigenvalue weighted by atomic mass is 10.1. The van der Waals surface area contributed by atoms with Gasteiger partial charge in [0, 0.05) is 5.38 Å². The minimum absolute atomic E-state index is 0.0294. The second-order valence-corrected chi connectivity index (χ2v) is 5.70. The number of nitrogens with zero attached hydrogens (tertiary/aromatic N) is 1. The molecule has 0 saturated heterocycles. The number of nitrogens with one attached hydrogen (secondary N) is 1. The molecule has 1 unspecified atom stereocenters. The summed E-state index contributed by atoms with van der Waals surface area (Å²) in [6.07, 6.45) is 0. The van der Waals surface area contributed by atoms with Crippen molar-refractivity contribution in [3.05, 3.63) is 51.7 Å². The molecule has 2 rings (SSSR count). The van der Waals surface area contributed by atoms with Crippen LogP contribution >= 0.6 is 11.3 Å². The van der Waals surface area contributed by atoms with Gasteiger partial charge in [-0.15, -0.1) is 11.3 Å². The van der Waals surface area contributed by atoms with E-state index in [1.807, 2.05) is 13.0 Å². The van der Waals surface area contributed by atoms with Gasteiger partial charge in [0.2, 0.25) is 0 Å². The molecule has 0 bridgehead atoms. The molecule has 1 N–H and O–H groups in total. The van der Waals surface area contributed by atoms with Gasteiger partial charge in [-0.05, 0) is 30.2 Å². The molecule has 0 spiro atoms. The van der Waals surface area contributed by atoms with Crippen molar-refractivity contribution in [2.75, 3.05) is 6.54 Å². The first-order valence-corrected chi connectivity index (χ1v) is 7.44. The largest absolute Gasteiger partial charge is 0.305 e. The molecule has 1 atom stereocenters. The molecule has 0 aliphatic heterocycles. The number of hydrogen-bond acceptors (Lipinski definition) is 3. The predicted molar refractivity (Wildman–Crippen MR) is 78.1 cm³/mol. The van der Waals surface area contributed by atoms with Crippen molar-refractivity contribution < 1.29 is 4.39 Å². The minimum Gasteiger partial charge on any atom is -0.305 e. The molecule has 0 aliphatic carbocycles. The summed E-state index contributed by atoms with van der Waals surface area (Å²) >= 11 is 1.63. The van der Waals surface area contributed by atoms with Crippen molar-refractivity contribution in [3.63, 3.8) is 0 Å². The Balaban J connectivity index is 2.33. The van der Waals surface area contributed by atoms with Gasteiger partial charge in [-0.1, -0.05) is 32.9 Å². The summed E-state index contributed by atoms with van der Waals surface area (Å²) in [6, 6.07) is 6.69. The highest BCUT2D eigenvalue weighted by atomic mass is 32.1. The smallest absolute Gasteiger partial charge is 0.123 e. The fourth-order valence-corrected chi connectivity index (χ4v) is 3.02. The topological polar surface area (TPSA) is 24.9 Å². The molecule has 0 amide bonds. The van der Waals surface area contributed by atoms with Crippen LogP contribution in [-0.4, -0.2) is 11.5 Å². The zero-order chi connectivity index (χ0) is 13.8. The number of aromatic nitrogens is 1. The third kappa shape index (κ3) is 3.39. The molecule has 0 radical (unpaired) electrons. The average molecular weight is 278 g/mol. The van der Waals surface area contributed by atoms with E-state index in [0.29, 0.717) is 5.92 Å². The van der Waals surface area contributed by atoms with E-state index >= 15 is 0 Å². The molecule has 2 aromatic rings. The SMILES string of the molecule is CCNC(c1cccc(F)c1)c1nc(C(C)C)cs1. The summed E-state index contributed by atoms with van der Waals surface area (Å²) in [5.74, 6) is 0.209. The number of hydrogen-bond donors (Lipinski definition) is 1. The highest BCUT2D eigenvalue weighted by molar-refractivity contribution is 7.09. The van der Waals surface area contributed by atoms with Gasteiger partial charge in [-0.25, -0.2) is 9.37 Å². The number of benzene rings is 1. The third-order valence-corrected chi connectivity index (χ3v) is 3.90. The zero-order valence-electron chi connectivity index (χ0n) is 11.5. The summed E-state index contributed by atoms with van der Waals surface area (Å²) in [4.78, 5) is 4.67. The Labute approximate surface area is 117 Å². The van der Waals surface area contributed by atoms with E-state index in [-0.39, 0.29) is 11.9 Å². The van der Waals surface area contributed by atoms with Gasteiger partial charge in [0.15, 0.2) is 0 Å². The Morgan fingerprint density at radius 2 is 2.16 bits per heavy atom. The van der Waals surface area contributed by atoms with Crippen LogP contribution in [0.1, 0.15) is 49.0 Å². The van der Waals surface area contributed by atoms with E-state index in [4.69, 9.17) is 0 Å². The Morgan fingerprint density at radius 3 is 2.74 bits per heavy atom. The standard InChI is InChI=1S/C15H19FN2S/c1-4-17-14(11-6-5-7-12(16)8-11)15-18-13(9-19-15)10(2)3/h5-10,14,17H,4H2,1-3H3. The van der Waals surface area contributed by atoms with Gasteiger partial charge in [-0.3, -0.25) is 0 Å². The Bertz CT molecular complexity index is 536. The molecular formula is C15H19FN2S. The predicted octanol–water partition coefficient (Wildman–Crippen LogP) is 4.10. The molecule has 19 heavy (non-hydrogen) atoms. The van der Waals surface area contributed by atoms with E-state index in [2.05, 4.69) is 29.5 Å². The van der Waals surface area contributed by atoms with Crippen LogP contribution in [0.5, 0.6) is 0 Å². The van der Waals surface area contributed by atoms with Gasteiger partial charge >= 0.3 is 0 Å². The quantitative estimate of drug-likeness (QED) is 0.890. The molecular weight excluding hydrogens is 259 g/mol. The second kappa shape index (κ2) is 6.26. The first-order valence-electron chi connectivity index (χ1n) is 6.56. The summed E-state index contributed by atoms with van der Waals surface area (Å²) in [5, 5.41) is 6.46. The zero-order valence-corrected chi connectivity index (χ0v) is 12.3. The lowest BCUT2D eigenvalue weighted by Gasteiger charge is -2.16. The van der Waals surface area contributed by atoms with Crippen LogP contribution in [0.25, 0.3) is 0 Å². The second-order valence-electron chi connectivity index (χ2n) is 4.81. The Hall–Kier alpha value is -1.26. The first-order chi connectivity index (χ1) is 9.11. The molecule has 102 valence electrons. The minimum atomic E-state index is -0.207. The lowest BCUT2D eigenvalue weighted by molar-refractivity contribution is 0.600. The van der Waals surface area contributed by atoms with Gasteiger partial charge in [0.1, 0.15) is 10.8 Å². The maximum Gasteiger partial charge on any atom is 0.123 e. The normalized spacial score (nSPS) is 12.9. The van der Waals surface area contributed by atoms with Crippen LogP contribution in [0.2, 0.25) is 0 Å². The Kier molecular flexibility index (Phi) is 4.66. The molecule has 1 aromatic heterocycles. The van der Waals surface area contributed by atoms with Crippen LogP contribution in [0, 0.1) is 5.82 Å². The van der Waals surface area contributed by atoms with Crippen LogP contribution < -0.4 is 5.32 Å². The summed E-state index contributed by atoms with van der Waals surface area (Å²) in [6.45, 7) is 7.12. The third-order valence-electron chi connectivity index (χ3n) is 2.97.